The van der Waals surface area contributed by atoms with E-state index in [-0.39, 0.29) is 17.7 Å². The van der Waals surface area contributed by atoms with E-state index in [4.69, 9.17) is 0 Å². The Morgan fingerprint density at radius 3 is 2.50 bits per heavy atom. The largest absolute Gasteiger partial charge is 0.308 e. The highest BCUT2D eigenvalue weighted by Crippen LogP contribution is 2.29. The number of benzene rings is 1. The number of amides is 2. The SMILES string of the molecule is CN(C)CCN1C(=O)CC(c2ccccc2)C1=O. The van der Waals surface area contributed by atoms with Crippen LogP contribution >= 0.6 is 0 Å². The topological polar surface area (TPSA) is 40.6 Å². The molecule has 18 heavy (non-hydrogen) atoms. The summed E-state index contributed by atoms with van der Waals surface area (Å²) < 4.78 is 0. The quantitative estimate of drug-likeness (QED) is 0.747. The lowest BCUT2D eigenvalue weighted by atomic mass is 9.98. The summed E-state index contributed by atoms with van der Waals surface area (Å²) in [6, 6.07) is 9.52. The van der Waals surface area contributed by atoms with Crippen LogP contribution in [0.1, 0.15) is 17.9 Å². The predicted octanol–water partition coefficient (Wildman–Crippen LogP) is 1.09. The summed E-state index contributed by atoms with van der Waals surface area (Å²) in [4.78, 5) is 27.4. The molecule has 96 valence electrons. The van der Waals surface area contributed by atoms with E-state index in [9.17, 15) is 9.59 Å². The van der Waals surface area contributed by atoms with E-state index < -0.39 is 0 Å². The van der Waals surface area contributed by atoms with Gasteiger partial charge in [-0.05, 0) is 19.7 Å². The monoisotopic (exact) mass is 246 g/mol. The number of rotatable bonds is 4. The Morgan fingerprint density at radius 1 is 1.22 bits per heavy atom. The molecule has 1 unspecified atom stereocenters. The Morgan fingerprint density at radius 2 is 1.89 bits per heavy atom. The molecule has 1 fully saturated rings. The third-order valence-corrected chi connectivity index (χ3v) is 3.22. The molecule has 1 aliphatic rings. The molecule has 0 saturated carbocycles. The van der Waals surface area contributed by atoms with Gasteiger partial charge in [0.1, 0.15) is 0 Å². The lowest BCUT2D eigenvalue weighted by Gasteiger charge is -2.17. The van der Waals surface area contributed by atoms with Crippen LogP contribution in [0, 0.1) is 0 Å². The van der Waals surface area contributed by atoms with Gasteiger partial charge in [0.05, 0.1) is 5.92 Å². The summed E-state index contributed by atoms with van der Waals surface area (Å²) in [6.07, 6.45) is 0.302. The number of likely N-dealkylation sites (tertiary alicyclic amines) is 1. The average molecular weight is 246 g/mol. The summed E-state index contributed by atoms with van der Waals surface area (Å²) in [7, 11) is 3.86. The van der Waals surface area contributed by atoms with Crippen molar-refractivity contribution in [2.75, 3.05) is 27.2 Å². The Bertz CT molecular complexity index is 442. The minimum atomic E-state index is -0.291. The van der Waals surface area contributed by atoms with Gasteiger partial charge in [0, 0.05) is 19.5 Å². The highest BCUT2D eigenvalue weighted by atomic mass is 16.2. The third-order valence-electron chi connectivity index (χ3n) is 3.22. The minimum absolute atomic E-state index is 0.0595. The molecule has 0 aromatic heterocycles. The summed E-state index contributed by atoms with van der Waals surface area (Å²) >= 11 is 0. The zero-order chi connectivity index (χ0) is 13.1. The molecule has 2 rings (SSSR count). The van der Waals surface area contributed by atoms with Crippen LogP contribution in [0.15, 0.2) is 30.3 Å². The van der Waals surface area contributed by atoms with E-state index in [1.54, 1.807) is 0 Å². The molecule has 1 aromatic carbocycles. The third kappa shape index (κ3) is 2.59. The van der Waals surface area contributed by atoms with Crippen molar-refractivity contribution in [2.45, 2.75) is 12.3 Å². The summed E-state index contributed by atoms with van der Waals surface area (Å²) in [6.45, 7) is 1.19. The molecule has 1 aliphatic heterocycles. The number of carbonyl (C=O) groups is 2. The molecule has 1 atom stereocenters. The van der Waals surface area contributed by atoms with Gasteiger partial charge in [0.25, 0.3) is 0 Å². The number of nitrogens with zero attached hydrogens (tertiary/aromatic N) is 2. The molecule has 0 bridgehead atoms. The molecule has 1 saturated heterocycles. The second-order valence-corrected chi connectivity index (χ2v) is 4.85. The lowest BCUT2D eigenvalue weighted by molar-refractivity contribution is -0.138. The van der Waals surface area contributed by atoms with Crippen molar-refractivity contribution in [3.8, 4) is 0 Å². The first-order chi connectivity index (χ1) is 8.59. The van der Waals surface area contributed by atoms with Gasteiger partial charge in [-0.25, -0.2) is 0 Å². The number of likely N-dealkylation sites (N-methyl/N-ethyl adjacent to an activating group) is 1. The Balaban J connectivity index is 2.09. The van der Waals surface area contributed by atoms with E-state index in [0.29, 0.717) is 19.5 Å². The molecule has 0 radical (unpaired) electrons. The Hall–Kier alpha value is -1.68. The summed E-state index contributed by atoms with van der Waals surface area (Å²) in [5.41, 5.74) is 0.934. The van der Waals surface area contributed by atoms with Gasteiger partial charge in [-0.15, -0.1) is 0 Å². The zero-order valence-corrected chi connectivity index (χ0v) is 10.8. The number of hydrogen-bond donors (Lipinski definition) is 0. The lowest BCUT2D eigenvalue weighted by Crippen LogP contribution is -2.36. The maximum absolute atomic E-state index is 12.2. The number of carbonyl (C=O) groups excluding carboxylic acids is 2. The fraction of sp³-hybridized carbons (Fsp3) is 0.429. The van der Waals surface area contributed by atoms with Gasteiger partial charge >= 0.3 is 0 Å². The minimum Gasteiger partial charge on any atom is -0.308 e. The van der Waals surface area contributed by atoms with Gasteiger partial charge in [0.15, 0.2) is 0 Å². The van der Waals surface area contributed by atoms with Gasteiger partial charge in [-0.1, -0.05) is 30.3 Å². The number of hydrogen-bond acceptors (Lipinski definition) is 3. The summed E-state index contributed by atoms with van der Waals surface area (Å²) in [5, 5.41) is 0. The van der Waals surface area contributed by atoms with Crippen LogP contribution in [-0.4, -0.2) is 48.8 Å². The maximum atomic E-state index is 12.2. The van der Waals surface area contributed by atoms with Crippen LogP contribution in [0.4, 0.5) is 0 Å². The fourth-order valence-electron chi connectivity index (χ4n) is 2.16. The molecule has 1 heterocycles. The molecular formula is C14H18N2O2. The summed E-state index contributed by atoms with van der Waals surface area (Å²) in [5.74, 6) is -0.412. The van der Waals surface area contributed by atoms with Crippen LogP contribution in [0.2, 0.25) is 0 Å². The van der Waals surface area contributed by atoms with Crippen LogP contribution in [0.5, 0.6) is 0 Å². The number of imide groups is 1. The van der Waals surface area contributed by atoms with Crippen molar-refractivity contribution >= 4 is 11.8 Å². The highest BCUT2D eigenvalue weighted by Gasteiger charge is 2.38. The molecule has 0 N–H and O–H groups in total. The molecule has 1 aromatic rings. The molecule has 2 amide bonds. The smallest absolute Gasteiger partial charge is 0.237 e. The van der Waals surface area contributed by atoms with E-state index in [0.717, 1.165) is 5.56 Å². The van der Waals surface area contributed by atoms with Gasteiger partial charge in [0.2, 0.25) is 11.8 Å². The van der Waals surface area contributed by atoms with Crippen LogP contribution < -0.4 is 0 Å². The van der Waals surface area contributed by atoms with Gasteiger partial charge in [-0.2, -0.15) is 0 Å². The standard InChI is InChI=1S/C14H18N2O2/c1-15(2)8-9-16-13(17)10-12(14(16)18)11-6-4-3-5-7-11/h3-7,12H,8-10H2,1-2H3. The molecule has 4 nitrogen and oxygen atoms in total. The zero-order valence-electron chi connectivity index (χ0n) is 10.8. The second kappa shape index (κ2) is 5.31. The maximum Gasteiger partial charge on any atom is 0.237 e. The van der Waals surface area contributed by atoms with E-state index in [1.165, 1.54) is 4.90 Å². The van der Waals surface area contributed by atoms with Crippen molar-refractivity contribution in [1.29, 1.82) is 0 Å². The van der Waals surface area contributed by atoms with Crippen molar-refractivity contribution < 1.29 is 9.59 Å². The predicted molar refractivity (Wildman–Crippen MR) is 69.1 cm³/mol. The first-order valence-corrected chi connectivity index (χ1v) is 6.13. The molecule has 4 heteroatoms. The first kappa shape index (κ1) is 12.8. The van der Waals surface area contributed by atoms with Crippen molar-refractivity contribution in [2.24, 2.45) is 0 Å². The van der Waals surface area contributed by atoms with Crippen LogP contribution in [0.25, 0.3) is 0 Å². The molecular weight excluding hydrogens is 228 g/mol. The normalized spacial score (nSPS) is 19.9. The van der Waals surface area contributed by atoms with Crippen LogP contribution in [0.3, 0.4) is 0 Å². The van der Waals surface area contributed by atoms with Crippen molar-refractivity contribution in [3.05, 3.63) is 35.9 Å². The van der Waals surface area contributed by atoms with E-state index in [2.05, 4.69) is 0 Å². The second-order valence-electron chi connectivity index (χ2n) is 4.85. The van der Waals surface area contributed by atoms with E-state index in [1.807, 2.05) is 49.3 Å². The Labute approximate surface area is 107 Å². The highest BCUT2D eigenvalue weighted by molar-refractivity contribution is 6.06. The van der Waals surface area contributed by atoms with Crippen LogP contribution in [-0.2, 0) is 9.59 Å². The molecule has 0 aliphatic carbocycles. The Kier molecular flexibility index (Phi) is 3.77. The van der Waals surface area contributed by atoms with Gasteiger partial charge < -0.3 is 4.90 Å². The molecule has 0 spiro atoms. The van der Waals surface area contributed by atoms with Crippen molar-refractivity contribution in [1.82, 2.24) is 9.80 Å². The fourth-order valence-corrected chi connectivity index (χ4v) is 2.16. The van der Waals surface area contributed by atoms with E-state index >= 15 is 0 Å². The first-order valence-electron chi connectivity index (χ1n) is 6.13. The van der Waals surface area contributed by atoms with Crippen molar-refractivity contribution in [3.63, 3.8) is 0 Å². The average Bonchev–Trinajstić information content (AvgIpc) is 2.63. The van der Waals surface area contributed by atoms with Gasteiger partial charge in [-0.3, -0.25) is 14.5 Å².